The highest BCUT2D eigenvalue weighted by molar-refractivity contribution is 7.84. The van der Waals surface area contributed by atoms with Gasteiger partial charge in [0.25, 0.3) is 5.91 Å². The molecule has 30 heavy (non-hydrogen) atoms. The largest absolute Gasteiger partial charge is 0.375 e. The van der Waals surface area contributed by atoms with Crippen molar-refractivity contribution in [3.8, 4) is 0 Å². The molecule has 7 nitrogen and oxygen atoms in total. The third-order valence-electron chi connectivity index (χ3n) is 5.40. The molecule has 0 bridgehead atoms. The average Bonchev–Trinajstić information content (AvgIpc) is 3.02. The van der Waals surface area contributed by atoms with Crippen LogP contribution in [-0.4, -0.2) is 49.4 Å². The second-order valence-corrected chi connectivity index (χ2v) is 10.5. The Morgan fingerprint density at radius 1 is 1.30 bits per heavy atom. The highest BCUT2D eigenvalue weighted by Gasteiger charge is 2.24. The van der Waals surface area contributed by atoms with Crippen molar-refractivity contribution in [1.82, 2.24) is 14.9 Å². The number of benzene rings is 1. The summed E-state index contributed by atoms with van der Waals surface area (Å²) in [6, 6.07) is 5.45. The van der Waals surface area contributed by atoms with Gasteiger partial charge in [-0.2, -0.15) is 0 Å². The van der Waals surface area contributed by atoms with Crippen molar-refractivity contribution in [2.24, 2.45) is 5.73 Å². The summed E-state index contributed by atoms with van der Waals surface area (Å²) in [5, 5.41) is 3.11. The molecule has 2 rings (SSSR count). The first-order valence-corrected chi connectivity index (χ1v) is 12.2. The van der Waals surface area contributed by atoms with E-state index in [0.29, 0.717) is 30.9 Å². The first-order valence-electron chi connectivity index (χ1n) is 10.4. The Balaban J connectivity index is 2.15. The van der Waals surface area contributed by atoms with Gasteiger partial charge >= 0.3 is 0 Å². The molecule has 8 heteroatoms. The average molecular weight is 437 g/mol. The number of nitrogens with one attached hydrogen (secondary N) is 1. The second-order valence-electron chi connectivity index (χ2n) is 8.91. The van der Waals surface area contributed by atoms with Crippen molar-refractivity contribution >= 4 is 27.7 Å². The SMILES string of the molecule is CCC(C)(C)OCCC(C)(C)NC(=O)c1ccc2nc(CN)n(CCS(C)=O)c2c1. The molecule has 1 aromatic carbocycles. The lowest BCUT2D eigenvalue weighted by Crippen LogP contribution is -2.44. The molecule has 1 aromatic heterocycles. The Kier molecular flexibility index (Phi) is 8.19. The summed E-state index contributed by atoms with van der Waals surface area (Å²) < 4.78 is 19.4. The van der Waals surface area contributed by atoms with Crippen LogP contribution in [-0.2, 0) is 28.6 Å². The number of amides is 1. The Morgan fingerprint density at radius 3 is 2.60 bits per heavy atom. The number of ether oxygens (including phenoxy) is 1. The molecule has 3 N–H and O–H groups in total. The maximum atomic E-state index is 12.9. The number of rotatable bonds is 11. The number of carbonyl (C=O) groups excluding carboxylic acids is 1. The first kappa shape index (κ1) is 24.5. The number of imidazole rings is 1. The van der Waals surface area contributed by atoms with Gasteiger partial charge in [0.15, 0.2) is 0 Å². The van der Waals surface area contributed by atoms with E-state index in [1.165, 1.54) is 0 Å². The van der Waals surface area contributed by atoms with Crippen LogP contribution in [0.5, 0.6) is 0 Å². The maximum Gasteiger partial charge on any atom is 0.251 e. The lowest BCUT2D eigenvalue weighted by atomic mass is 9.99. The molecule has 1 heterocycles. The molecule has 168 valence electrons. The summed E-state index contributed by atoms with van der Waals surface area (Å²) in [7, 11) is -0.922. The molecule has 1 amide bonds. The monoisotopic (exact) mass is 436 g/mol. The molecular weight excluding hydrogens is 400 g/mol. The summed E-state index contributed by atoms with van der Waals surface area (Å²) in [5.74, 6) is 1.09. The number of carbonyl (C=O) groups is 1. The van der Waals surface area contributed by atoms with Gasteiger partial charge in [0.2, 0.25) is 0 Å². The molecule has 1 unspecified atom stereocenters. The zero-order chi connectivity index (χ0) is 22.5. The summed E-state index contributed by atoms with van der Waals surface area (Å²) in [5.41, 5.74) is 7.45. The Morgan fingerprint density at radius 2 is 2.00 bits per heavy atom. The molecule has 0 aliphatic carbocycles. The predicted octanol–water partition coefficient (Wildman–Crippen LogP) is 2.98. The van der Waals surface area contributed by atoms with E-state index in [9.17, 15) is 9.00 Å². The highest BCUT2D eigenvalue weighted by atomic mass is 32.2. The van der Waals surface area contributed by atoms with E-state index in [1.807, 2.05) is 30.5 Å². The van der Waals surface area contributed by atoms with Crippen molar-refractivity contribution in [2.75, 3.05) is 18.6 Å². The van der Waals surface area contributed by atoms with Crippen LogP contribution in [0, 0.1) is 0 Å². The molecule has 0 saturated carbocycles. The topological polar surface area (TPSA) is 99.2 Å². The molecule has 0 aliphatic heterocycles. The first-order chi connectivity index (χ1) is 14.0. The zero-order valence-electron chi connectivity index (χ0n) is 19.1. The van der Waals surface area contributed by atoms with Gasteiger partial charge in [0.05, 0.1) is 23.2 Å². The normalized spacial score (nSPS) is 13.6. The van der Waals surface area contributed by atoms with Gasteiger partial charge < -0.3 is 20.4 Å². The van der Waals surface area contributed by atoms with Gasteiger partial charge in [-0.15, -0.1) is 0 Å². The van der Waals surface area contributed by atoms with E-state index in [0.717, 1.165) is 23.3 Å². The lowest BCUT2D eigenvalue weighted by Gasteiger charge is -2.29. The van der Waals surface area contributed by atoms with Crippen molar-refractivity contribution < 1.29 is 13.7 Å². The molecule has 2 aromatic rings. The molecule has 0 fully saturated rings. The third-order valence-corrected chi connectivity index (χ3v) is 6.16. The standard InChI is InChI=1S/C22H36N4O3S/c1-7-22(4,5)29-12-10-21(2,3)25-20(27)16-8-9-17-18(14-16)26(11-13-30(6)28)19(15-23)24-17/h8-9,14H,7,10-13,15,23H2,1-6H3,(H,25,27). The second kappa shape index (κ2) is 10.0. The highest BCUT2D eigenvalue weighted by Crippen LogP contribution is 2.20. The number of nitrogens with two attached hydrogens (primary N) is 1. The molecule has 0 saturated heterocycles. The van der Waals surface area contributed by atoms with E-state index in [2.05, 4.69) is 31.1 Å². The van der Waals surface area contributed by atoms with E-state index in [1.54, 1.807) is 12.3 Å². The summed E-state index contributed by atoms with van der Waals surface area (Å²) in [6.07, 6.45) is 3.32. The number of hydrogen-bond acceptors (Lipinski definition) is 5. The molecule has 0 aliphatic rings. The Hall–Kier alpha value is -1.77. The van der Waals surface area contributed by atoms with Crippen LogP contribution in [0.1, 0.15) is 63.6 Å². The fourth-order valence-corrected chi connectivity index (χ4v) is 3.51. The minimum Gasteiger partial charge on any atom is -0.375 e. The van der Waals surface area contributed by atoms with Gasteiger partial charge in [0, 0.05) is 47.1 Å². The van der Waals surface area contributed by atoms with Crippen LogP contribution in [0.15, 0.2) is 18.2 Å². The fraction of sp³-hybridized carbons (Fsp3) is 0.636. The Labute approximate surface area is 182 Å². The van der Waals surface area contributed by atoms with Crippen molar-refractivity contribution in [2.45, 2.75) is 71.7 Å². The van der Waals surface area contributed by atoms with Crippen LogP contribution in [0.4, 0.5) is 0 Å². The lowest BCUT2D eigenvalue weighted by molar-refractivity contribution is -0.0271. The summed E-state index contributed by atoms with van der Waals surface area (Å²) in [4.78, 5) is 17.5. The van der Waals surface area contributed by atoms with E-state index in [-0.39, 0.29) is 18.1 Å². The van der Waals surface area contributed by atoms with Crippen molar-refractivity contribution in [3.05, 3.63) is 29.6 Å². The van der Waals surface area contributed by atoms with Crippen LogP contribution >= 0.6 is 0 Å². The maximum absolute atomic E-state index is 12.9. The van der Waals surface area contributed by atoms with Gasteiger partial charge in [-0.25, -0.2) is 4.98 Å². The zero-order valence-corrected chi connectivity index (χ0v) is 19.9. The van der Waals surface area contributed by atoms with E-state index >= 15 is 0 Å². The van der Waals surface area contributed by atoms with Crippen molar-refractivity contribution in [3.63, 3.8) is 0 Å². The summed E-state index contributed by atoms with van der Waals surface area (Å²) in [6.45, 7) is 11.6. The van der Waals surface area contributed by atoms with Crippen LogP contribution in [0.2, 0.25) is 0 Å². The van der Waals surface area contributed by atoms with Gasteiger partial charge in [0.1, 0.15) is 5.82 Å². The minimum absolute atomic E-state index is 0.141. The molecule has 0 spiro atoms. The van der Waals surface area contributed by atoms with E-state index in [4.69, 9.17) is 10.5 Å². The predicted molar refractivity (Wildman–Crippen MR) is 123 cm³/mol. The Bertz CT molecular complexity index is 905. The number of fused-ring (bicyclic) bond motifs is 1. The third kappa shape index (κ3) is 6.62. The van der Waals surface area contributed by atoms with E-state index < -0.39 is 16.3 Å². The van der Waals surface area contributed by atoms with Crippen LogP contribution in [0.25, 0.3) is 11.0 Å². The smallest absolute Gasteiger partial charge is 0.251 e. The molecule has 0 radical (unpaired) electrons. The van der Waals surface area contributed by atoms with Crippen LogP contribution < -0.4 is 11.1 Å². The molecular formula is C22H36N4O3S. The number of nitrogens with zero attached hydrogens (tertiary/aromatic N) is 2. The summed E-state index contributed by atoms with van der Waals surface area (Å²) >= 11 is 0. The number of hydrogen-bond donors (Lipinski definition) is 2. The number of aromatic nitrogens is 2. The van der Waals surface area contributed by atoms with Gasteiger partial charge in [-0.05, 0) is 58.7 Å². The van der Waals surface area contributed by atoms with Crippen molar-refractivity contribution in [1.29, 1.82) is 0 Å². The minimum atomic E-state index is -0.922. The van der Waals surface area contributed by atoms with Crippen LogP contribution in [0.3, 0.4) is 0 Å². The van der Waals surface area contributed by atoms with Gasteiger partial charge in [-0.1, -0.05) is 6.92 Å². The molecule has 1 atom stereocenters. The number of aryl methyl sites for hydroxylation is 1. The fourth-order valence-electron chi connectivity index (χ4n) is 3.07. The quantitative estimate of drug-likeness (QED) is 0.564. The van der Waals surface area contributed by atoms with Gasteiger partial charge in [-0.3, -0.25) is 9.00 Å².